The number of benzene rings is 1. The minimum absolute atomic E-state index is 0. The van der Waals surface area contributed by atoms with Crippen LogP contribution in [0.1, 0.15) is 5.56 Å². The monoisotopic (exact) mass is 233 g/mol. The third kappa shape index (κ3) is 2.78. The third-order valence-electron chi connectivity index (χ3n) is 0.843. The van der Waals surface area contributed by atoms with Gasteiger partial charge in [0, 0.05) is 40.8 Å². The molecule has 8 heavy (non-hydrogen) atoms. The van der Waals surface area contributed by atoms with Gasteiger partial charge in [-0.3, -0.25) is 0 Å². The van der Waals surface area contributed by atoms with E-state index in [2.05, 4.69) is 6.92 Å². The molecular weight excluding hydrogens is 228 g/mol. The van der Waals surface area contributed by atoms with Crippen molar-refractivity contribution in [3.05, 3.63) is 42.8 Å². The van der Waals surface area contributed by atoms with Gasteiger partial charge < -0.3 is 0 Å². The summed E-state index contributed by atoms with van der Waals surface area (Å²) < 4.78 is 0. The van der Waals surface area contributed by atoms with Gasteiger partial charge in [0.2, 0.25) is 0 Å². The Morgan fingerprint density at radius 1 is 1.00 bits per heavy atom. The Kier molecular flexibility index (Phi) is 4.77. The molecule has 0 bridgehead atoms. The maximum Gasteiger partial charge on any atom is 0 e. The van der Waals surface area contributed by atoms with E-state index in [1.54, 1.807) is 0 Å². The summed E-state index contributed by atoms with van der Waals surface area (Å²) >= 11 is 0. The van der Waals surface area contributed by atoms with E-state index < -0.39 is 0 Å². The van der Waals surface area contributed by atoms with Crippen LogP contribution in [0.3, 0.4) is 0 Å². The van der Waals surface area contributed by atoms with Crippen LogP contribution in [-0.2, 0) is 0 Å². The Labute approximate surface area is 82.8 Å². The zero-order valence-electron chi connectivity index (χ0n) is 4.59. The summed E-state index contributed by atoms with van der Waals surface area (Å²) in [6, 6.07) is 9.87. The van der Waals surface area contributed by atoms with Crippen LogP contribution in [0.4, 0.5) is 0 Å². The molecule has 1 aromatic rings. The van der Waals surface area contributed by atoms with Gasteiger partial charge in [-0.05, 0) is 12.5 Å². The number of hydrogen-bond acceptors (Lipinski definition) is 0. The molecule has 1 heteroatoms. The zero-order chi connectivity index (χ0) is 5.11. The first-order valence-corrected chi connectivity index (χ1v) is 2.26. The van der Waals surface area contributed by atoms with Crippen molar-refractivity contribution in [2.75, 3.05) is 0 Å². The second-order valence-electron chi connectivity index (χ2n) is 1.49. The van der Waals surface area contributed by atoms with Gasteiger partial charge in [0.25, 0.3) is 0 Å². The number of rotatable bonds is 0. The fraction of sp³-hybridized carbons (Fsp3) is 0. The molecule has 0 saturated carbocycles. The standard InChI is InChI=1S/C7H7.Nd/c1-7-5-3-2-4-6-7;/h2-6H,1H2;. The van der Waals surface area contributed by atoms with E-state index in [-0.39, 0.29) is 40.8 Å². The van der Waals surface area contributed by atoms with Crippen molar-refractivity contribution in [1.82, 2.24) is 0 Å². The smallest absolute Gasteiger partial charge is 0 e. The Hall–Kier alpha value is 0.571. The van der Waals surface area contributed by atoms with Gasteiger partial charge in [0.1, 0.15) is 0 Å². The maximum absolute atomic E-state index is 3.72. The predicted octanol–water partition coefficient (Wildman–Crippen LogP) is 1.87. The fourth-order valence-electron chi connectivity index (χ4n) is 0.478. The van der Waals surface area contributed by atoms with Gasteiger partial charge >= 0.3 is 0 Å². The van der Waals surface area contributed by atoms with E-state index in [4.69, 9.17) is 0 Å². The van der Waals surface area contributed by atoms with Crippen LogP contribution >= 0.6 is 0 Å². The molecule has 0 aromatic heterocycles. The Balaban J connectivity index is 0.000000490. The van der Waals surface area contributed by atoms with Gasteiger partial charge in [-0.1, -0.05) is 30.3 Å². The van der Waals surface area contributed by atoms with Crippen molar-refractivity contribution in [2.24, 2.45) is 0 Å². The molecule has 1 radical (unpaired) electrons. The Morgan fingerprint density at radius 2 is 1.50 bits per heavy atom. The van der Waals surface area contributed by atoms with E-state index in [1.807, 2.05) is 30.3 Å². The zero-order valence-corrected chi connectivity index (χ0v) is 7.80. The molecule has 0 atom stereocenters. The molecule has 0 unspecified atom stereocenters. The molecule has 0 N–H and O–H groups in total. The van der Waals surface area contributed by atoms with Crippen LogP contribution < -0.4 is 0 Å². The average molecular weight is 235 g/mol. The summed E-state index contributed by atoms with van der Waals surface area (Å²) in [5.74, 6) is 0. The Morgan fingerprint density at radius 3 is 1.75 bits per heavy atom. The second kappa shape index (κ2) is 4.45. The van der Waals surface area contributed by atoms with Gasteiger partial charge in [-0.2, -0.15) is 0 Å². The minimum atomic E-state index is 0. The quantitative estimate of drug-likeness (QED) is 0.644. The van der Waals surface area contributed by atoms with Gasteiger partial charge in [-0.15, -0.1) is 0 Å². The third-order valence-corrected chi connectivity index (χ3v) is 0.843. The first-order valence-electron chi connectivity index (χ1n) is 2.26. The van der Waals surface area contributed by atoms with Crippen molar-refractivity contribution < 1.29 is 40.8 Å². The van der Waals surface area contributed by atoms with Gasteiger partial charge in [-0.25, -0.2) is 0 Å². The fourth-order valence-corrected chi connectivity index (χ4v) is 0.478. The summed E-state index contributed by atoms with van der Waals surface area (Å²) in [6.07, 6.45) is 0. The van der Waals surface area contributed by atoms with Crippen LogP contribution in [0.25, 0.3) is 0 Å². The van der Waals surface area contributed by atoms with E-state index in [1.165, 1.54) is 0 Å². The van der Waals surface area contributed by atoms with Crippen molar-refractivity contribution in [3.63, 3.8) is 0 Å². The van der Waals surface area contributed by atoms with Gasteiger partial charge in [0.05, 0.1) is 0 Å². The topological polar surface area (TPSA) is 0 Å². The van der Waals surface area contributed by atoms with E-state index >= 15 is 0 Å². The molecule has 1 aromatic carbocycles. The first kappa shape index (κ1) is 8.57. The molecular formula is C7H7Nd. The van der Waals surface area contributed by atoms with Crippen molar-refractivity contribution in [1.29, 1.82) is 0 Å². The van der Waals surface area contributed by atoms with Crippen LogP contribution in [0.2, 0.25) is 0 Å². The molecule has 0 heterocycles. The van der Waals surface area contributed by atoms with Crippen molar-refractivity contribution in [3.8, 4) is 0 Å². The molecule has 0 amide bonds. The predicted molar refractivity (Wildman–Crippen MR) is 30.9 cm³/mol. The number of hydrogen-bond donors (Lipinski definition) is 0. The minimum Gasteiger partial charge on any atom is -0.0622 e. The van der Waals surface area contributed by atoms with E-state index in [9.17, 15) is 0 Å². The molecule has 1 rings (SSSR count). The van der Waals surface area contributed by atoms with Crippen LogP contribution in [0, 0.1) is 47.8 Å². The molecule has 0 aliphatic heterocycles. The van der Waals surface area contributed by atoms with Crippen LogP contribution in [-0.4, -0.2) is 0 Å². The summed E-state index contributed by atoms with van der Waals surface area (Å²) in [5.41, 5.74) is 1.07. The SMILES string of the molecule is [CH2]c1ccccc1.[Nd]. The normalized spacial score (nSPS) is 7.62. The molecule has 39 valence electrons. The van der Waals surface area contributed by atoms with Gasteiger partial charge in [0.15, 0.2) is 0 Å². The van der Waals surface area contributed by atoms with Crippen molar-refractivity contribution in [2.45, 2.75) is 0 Å². The molecule has 0 aliphatic carbocycles. The average Bonchev–Trinajstić information content (AvgIpc) is 1.69. The summed E-state index contributed by atoms with van der Waals surface area (Å²) in [6.45, 7) is 3.72. The van der Waals surface area contributed by atoms with Crippen LogP contribution in [0.15, 0.2) is 30.3 Å². The second-order valence-corrected chi connectivity index (χ2v) is 1.49. The van der Waals surface area contributed by atoms with Crippen LogP contribution in [0.5, 0.6) is 0 Å². The summed E-state index contributed by atoms with van der Waals surface area (Å²) in [7, 11) is 0. The molecule has 0 spiro atoms. The molecule has 0 fully saturated rings. The summed E-state index contributed by atoms with van der Waals surface area (Å²) in [4.78, 5) is 0. The largest absolute Gasteiger partial charge is 0.0622 e. The molecule has 0 aliphatic rings. The first-order chi connectivity index (χ1) is 3.39. The molecule has 0 nitrogen and oxygen atoms in total. The molecule has 0 saturated heterocycles. The van der Waals surface area contributed by atoms with Crippen molar-refractivity contribution >= 4 is 0 Å². The maximum atomic E-state index is 3.72. The summed E-state index contributed by atoms with van der Waals surface area (Å²) in [5, 5.41) is 0. The van der Waals surface area contributed by atoms with E-state index in [0.717, 1.165) is 5.56 Å². The van der Waals surface area contributed by atoms with E-state index in [0.29, 0.717) is 0 Å². The Bertz CT molecular complexity index is 134.